The molecule has 2 aromatic heterocycles. The fourth-order valence-electron chi connectivity index (χ4n) is 4.02. The van der Waals surface area contributed by atoms with Gasteiger partial charge in [0.25, 0.3) is 0 Å². The topological polar surface area (TPSA) is 70.2 Å². The molecule has 0 bridgehead atoms. The number of carbonyl (C=O) groups excluding carboxylic acids is 1. The van der Waals surface area contributed by atoms with Gasteiger partial charge in [-0.1, -0.05) is 19.1 Å². The Bertz CT molecular complexity index is 948. The lowest BCUT2D eigenvalue weighted by Gasteiger charge is -2.36. The van der Waals surface area contributed by atoms with Crippen molar-refractivity contribution < 1.29 is 4.79 Å². The monoisotopic (exact) mass is 389 g/mol. The van der Waals surface area contributed by atoms with Crippen LogP contribution in [-0.2, 0) is 6.54 Å². The van der Waals surface area contributed by atoms with Crippen molar-refractivity contribution in [3.8, 4) is 0 Å². The van der Waals surface area contributed by atoms with Crippen molar-refractivity contribution in [2.24, 2.45) is 0 Å². The quantitative estimate of drug-likeness (QED) is 0.762. The molecule has 2 aromatic rings. The summed E-state index contributed by atoms with van der Waals surface area (Å²) in [6.07, 6.45) is 9.86. The van der Waals surface area contributed by atoms with Crippen molar-refractivity contribution in [3.05, 3.63) is 70.5 Å². The molecule has 150 valence electrons. The Hall–Kier alpha value is -2.83. The Morgan fingerprint density at radius 2 is 2.17 bits per heavy atom. The highest BCUT2D eigenvalue weighted by molar-refractivity contribution is 5.75. The molecule has 0 aliphatic carbocycles. The maximum Gasteiger partial charge on any atom is 0.168 e. The van der Waals surface area contributed by atoms with Crippen LogP contribution in [0, 0.1) is 0 Å². The molecule has 2 aliphatic rings. The van der Waals surface area contributed by atoms with Gasteiger partial charge >= 0.3 is 0 Å². The van der Waals surface area contributed by atoms with Crippen molar-refractivity contribution in [2.75, 3.05) is 25.0 Å². The second-order valence-electron chi connectivity index (χ2n) is 7.45. The summed E-state index contributed by atoms with van der Waals surface area (Å²) in [7, 11) is 0. The van der Waals surface area contributed by atoms with E-state index in [4.69, 9.17) is 4.98 Å². The Morgan fingerprint density at radius 1 is 1.28 bits per heavy atom. The molecule has 1 unspecified atom stereocenters. The molecule has 6 nitrogen and oxygen atoms in total. The molecule has 4 rings (SSSR count). The number of carbonyl (C=O) groups is 1. The van der Waals surface area contributed by atoms with Crippen LogP contribution in [0.25, 0.3) is 6.08 Å². The third kappa shape index (κ3) is 4.13. The third-order valence-electron chi connectivity index (χ3n) is 5.63. The van der Waals surface area contributed by atoms with Gasteiger partial charge in [0.1, 0.15) is 5.69 Å². The van der Waals surface area contributed by atoms with Gasteiger partial charge in [0, 0.05) is 50.3 Å². The van der Waals surface area contributed by atoms with Crippen LogP contribution in [-0.4, -0.2) is 40.8 Å². The molecule has 2 N–H and O–H groups in total. The van der Waals surface area contributed by atoms with E-state index in [9.17, 15) is 4.79 Å². The minimum Gasteiger partial charge on any atom is -0.354 e. The normalized spacial score (nSPS) is 20.7. The van der Waals surface area contributed by atoms with E-state index in [0.29, 0.717) is 5.69 Å². The first kappa shape index (κ1) is 19.5. The van der Waals surface area contributed by atoms with Crippen LogP contribution in [0.1, 0.15) is 53.6 Å². The number of nitrogens with zero attached hydrogens (tertiary/aromatic N) is 3. The summed E-state index contributed by atoms with van der Waals surface area (Å²) in [4.78, 5) is 22.3. The van der Waals surface area contributed by atoms with Crippen LogP contribution in [0.15, 0.2) is 47.9 Å². The maximum atomic E-state index is 10.9. The maximum absolute atomic E-state index is 10.9. The van der Waals surface area contributed by atoms with Gasteiger partial charge in [-0.15, -0.1) is 0 Å². The highest BCUT2D eigenvalue weighted by atomic mass is 16.1. The fraction of sp³-hybridized carbons (Fsp3) is 0.348. The largest absolute Gasteiger partial charge is 0.354 e. The highest BCUT2D eigenvalue weighted by Crippen LogP contribution is 2.31. The Kier molecular flexibility index (Phi) is 5.83. The zero-order valence-corrected chi connectivity index (χ0v) is 17.0. The first-order valence-electron chi connectivity index (χ1n) is 10.2. The molecule has 29 heavy (non-hydrogen) atoms. The zero-order valence-electron chi connectivity index (χ0n) is 17.0. The number of piperazine rings is 1. The lowest BCUT2D eigenvalue weighted by molar-refractivity contribution is 0.111. The second kappa shape index (κ2) is 8.68. The average Bonchev–Trinajstić information content (AvgIpc) is 2.78. The molecular weight excluding hydrogens is 362 g/mol. The minimum atomic E-state index is 0.221. The van der Waals surface area contributed by atoms with E-state index in [1.54, 1.807) is 6.07 Å². The van der Waals surface area contributed by atoms with Crippen molar-refractivity contribution in [1.29, 1.82) is 0 Å². The molecule has 4 heterocycles. The molecule has 1 fully saturated rings. The molecule has 0 amide bonds. The number of aromatic nitrogens is 2. The van der Waals surface area contributed by atoms with Crippen LogP contribution in [0.4, 0.5) is 5.69 Å². The lowest BCUT2D eigenvalue weighted by atomic mass is 10.0. The number of fused-ring (bicyclic) bond motifs is 1. The summed E-state index contributed by atoms with van der Waals surface area (Å²) in [5.41, 5.74) is 7.29. The number of hydrogen-bond donors (Lipinski definition) is 2. The minimum absolute atomic E-state index is 0.221. The summed E-state index contributed by atoms with van der Waals surface area (Å²) in [6.45, 7) is 7.81. The first-order valence-corrected chi connectivity index (χ1v) is 10.2. The highest BCUT2D eigenvalue weighted by Gasteiger charge is 2.25. The van der Waals surface area contributed by atoms with Crippen molar-refractivity contribution in [2.45, 2.75) is 32.9 Å². The molecule has 1 saturated heterocycles. The van der Waals surface area contributed by atoms with Crippen molar-refractivity contribution >= 4 is 18.0 Å². The van der Waals surface area contributed by atoms with E-state index in [1.807, 2.05) is 18.5 Å². The molecule has 6 heteroatoms. The molecule has 0 radical (unpaired) electrons. The molecule has 0 aromatic carbocycles. The number of allylic oxidation sites excluding steroid dienone is 2. The van der Waals surface area contributed by atoms with E-state index >= 15 is 0 Å². The Labute approximate surface area is 171 Å². The predicted molar refractivity (Wildman–Crippen MR) is 116 cm³/mol. The third-order valence-corrected chi connectivity index (χ3v) is 5.63. The predicted octanol–water partition coefficient (Wildman–Crippen LogP) is 3.56. The summed E-state index contributed by atoms with van der Waals surface area (Å²) in [5, 5.41) is 7.01. The van der Waals surface area contributed by atoms with Gasteiger partial charge in [0.05, 0.1) is 11.4 Å². The number of hydrogen-bond acceptors (Lipinski definition) is 6. The van der Waals surface area contributed by atoms with Gasteiger partial charge in [0.2, 0.25) is 0 Å². The number of anilines is 1. The van der Waals surface area contributed by atoms with E-state index in [1.165, 1.54) is 16.8 Å². The number of aldehydes is 1. The van der Waals surface area contributed by atoms with E-state index in [2.05, 4.69) is 52.6 Å². The molecule has 1 atom stereocenters. The van der Waals surface area contributed by atoms with E-state index < -0.39 is 0 Å². The van der Waals surface area contributed by atoms with Gasteiger partial charge in [-0.05, 0) is 48.3 Å². The number of rotatable bonds is 5. The standard InChI is InChI=1S/C23H27N5O/c1-3-17-10-21-22(27-20(17)4-2)9-16(11-26-21)14-28-8-7-24-13-23(28)18-5-6-19(15-29)25-12-18/h4-6,9-12,15,23-24,27H,3,7-8,13-14H2,1-2H3/b20-4-. The smallest absolute Gasteiger partial charge is 0.168 e. The number of pyridine rings is 2. The SMILES string of the molecule is C/C=C1\Nc2cc(CN3CCNCC3c3ccc(C=O)nc3)cnc2C=C1CC. The Balaban J connectivity index is 1.56. The van der Waals surface area contributed by atoms with Crippen LogP contribution in [0.2, 0.25) is 0 Å². The summed E-state index contributed by atoms with van der Waals surface area (Å²) in [5.74, 6) is 0. The average molecular weight is 390 g/mol. The van der Waals surface area contributed by atoms with E-state index in [0.717, 1.165) is 55.8 Å². The van der Waals surface area contributed by atoms with Gasteiger partial charge < -0.3 is 10.6 Å². The summed E-state index contributed by atoms with van der Waals surface area (Å²) < 4.78 is 0. The van der Waals surface area contributed by atoms with Crippen LogP contribution in [0.5, 0.6) is 0 Å². The summed E-state index contributed by atoms with van der Waals surface area (Å²) >= 11 is 0. The van der Waals surface area contributed by atoms with E-state index in [-0.39, 0.29) is 6.04 Å². The van der Waals surface area contributed by atoms with Gasteiger partial charge in [-0.25, -0.2) is 0 Å². The molecule has 0 spiro atoms. The molecule has 0 saturated carbocycles. The second-order valence-corrected chi connectivity index (χ2v) is 7.45. The van der Waals surface area contributed by atoms with Crippen molar-refractivity contribution in [1.82, 2.24) is 20.2 Å². The van der Waals surface area contributed by atoms with Gasteiger partial charge in [-0.3, -0.25) is 19.7 Å². The summed E-state index contributed by atoms with van der Waals surface area (Å²) in [6, 6.07) is 6.22. The zero-order chi connectivity index (χ0) is 20.2. The van der Waals surface area contributed by atoms with Gasteiger partial charge in [-0.2, -0.15) is 0 Å². The Morgan fingerprint density at radius 3 is 2.90 bits per heavy atom. The van der Waals surface area contributed by atoms with Gasteiger partial charge in [0.15, 0.2) is 6.29 Å². The first-order chi connectivity index (χ1) is 14.2. The molecular formula is C23H27N5O. The number of nitrogens with one attached hydrogen (secondary N) is 2. The molecule has 2 aliphatic heterocycles. The van der Waals surface area contributed by atoms with Crippen LogP contribution < -0.4 is 10.6 Å². The fourth-order valence-corrected chi connectivity index (χ4v) is 4.02. The van der Waals surface area contributed by atoms with Crippen molar-refractivity contribution in [3.63, 3.8) is 0 Å². The van der Waals surface area contributed by atoms with Crippen LogP contribution in [0.3, 0.4) is 0 Å². The lowest BCUT2D eigenvalue weighted by Crippen LogP contribution is -2.45. The van der Waals surface area contributed by atoms with Crippen LogP contribution >= 0.6 is 0 Å².